The number of carbonyl (C=O) groups excluding carboxylic acids is 1. The zero-order valence-corrected chi connectivity index (χ0v) is 11.9. The molecule has 0 aliphatic heterocycles. The first-order valence-corrected chi connectivity index (χ1v) is 6.50. The lowest BCUT2D eigenvalue weighted by molar-refractivity contribution is -0.122. The van der Waals surface area contributed by atoms with E-state index in [0.717, 1.165) is 18.2 Å². The lowest BCUT2D eigenvalue weighted by Crippen LogP contribution is -2.45. The second-order valence-electron chi connectivity index (χ2n) is 4.75. The Labute approximate surface area is 125 Å². The highest BCUT2D eigenvalue weighted by atomic mass is 35.5. The molecule has 0 radical (unpaired) electrons. The minimum atomic E-state index is -1.60. The minimum Gasteiger partial charge on any atom is -0.368 e. The summed E-state index contributed by atoms with van der Waals surface area (Å²) in [6, 6.07) is 9.31. The molecule has 3 nitrogen and oxygen atoms in total. The maximum Gasteiger partial charge on any atom is 0.247 e. The first-order chi connectivity index (χ1) is 9.83. The normalized spacial score (nSPS) is 13.5. The summed E-state index contributed by atoms with van der Waals surface area (Å²) in [5.74, 6) is -2.21. The highest BCUT2D eigenvalue weighted by Gasteiger charge is 2.36. The fraction of sp³-hybridized carbons (Fsp3) is 0.133. The summed E-state index contributed by atoms with van der Waals surface area (Å²) in [6.45, 7) is 1.39. The van der Waals surface area contributed by atoms with E-state index in [2.05, 4.69) is 5.32 Å². The number of amides is 1. The average Bonchev–Trinajstić information content (AvgIpc) is 2.43. The molecule has 2 rings (SSSR count). The predicted molar refractivity (Wildman–Crippen MR) is 78.0 cm³/mol. The molecule has 1 atom stereocenters. The molecular formula is C15H13ClF2N2O. The SMILES string of the molecule is CC(Nc1ccc(Cl)cc1)(C(N)=O)c1cc(F)ccc1F. The summed E-state index contributed by atoms with van der Waals surface area (Å²) in [5.41, 5.74) is 4.13. The van der Waals surface area contributed by atoms with Crippen molar-refractivity contribution in [1.82, 2.24) is 0 Å². The molecule has 0 fully saturated rings. The summed E-state index contributed by atoms with van der Waals surface area (Å²) in [4.78, 5) is 11.8. The number of anilines is 1. The van der Waals surface area contributed by atoms with Crippen molar-refractivity contribution in [1.29, 1.82) is 0 Å². The summed E-state index contributed by atoms with van der Waals surface area (Å²) >= 11 is 5.78. The maximum atomic E-state index is 14.0. The molecule has 1 unspecified atom stereocenters. The Kier molecular flexibility index (Phi) is 4.14. The van der Waals surface area contributed by atoms with E-state index < -0.39 is 23.1 Å². The van der Waals surface area contributed by atoms with E-state index in [1.54, 1.807) is 24.3 Å². The summed E-state index contributed by atoms with van der Waals surface area (Å²) < 4.78 is 27.3. The van der Waals surface area contributed by atoms with Gasteiger partial charge in [-0.25, -0.2) is 8.78 Å². The lowest BCUT2D eigenvalue weighted by atomic mass is 9.90. The number of rotatable bonds is 4. The van der Waals surface area contributed by atoms with Crippen LogP contribution in [0.25, 0.3) is 0 Å². The van der Waals surface area contributed by atoms with Crippen molar-refractivity contribution in [2.75, 3.05) is 5.32 Å². The van der Waals surface area contributed by atoms with Crippen LogP contribution in [0.15, 0.2) is 42.5 Å². The lowest BCUT2D eigenvalue weighted by Gasteiger charge is -2.29. The van der Waals surface area contributed by atoms with Gasteiger partial charge < -0.3 is 11.1 Å². The molecule has 2 aromatic rings. The van der Waals surface area contributed by atoms with E-state index in [9.17, 15) is 13.6 Å². The molecule has 3 N–H and O–H groups in total. The number of hydrogen-bond acceptors (Lipinski definition) is 2. The van der Waals surface area contributed by atoms with Gasteiger partial charge in [0, 0.05) is 16.3 Å². The second-order valence-corrected chi connectivity index (χ2v) is 5.18. The second kappa shape index (κ2) is 5.69. The van der Waals surface area contributed by atoms with Crippen LogP contribution in [0.1, 0.15) is 12.5 Å². The zero-order chi connectivity index (χ0) is 15.6. The monoisotopic (exact) mass is 310 g/mol. The van der Waals surface area contributed by atoms with Crippen LogP contribution in [0.5, 0.6) is 0 Å². The van der Waals surface area contributed by atoms with Gasteiger partial charge in [0.1, 0.15) is 17.2 Å². The van der Waals surface area contributed by atoms with Crippen LogP contribution in [0.4, 0.5) is 14.5 Å². The molecule has 0 aliphatic carbocycles. The third-order valence-corrected chi connectivity index (χ3v) is 3.45. The van der Waals surface area contributed by atoms with Crippen LogP contribution < -0.4 is 11.1 Å². The van der Waals surface area contributed by atoms with E-state index in [1.807, 2.05) is 0 Å². The standard InChI is InChI=1S/C15H13ClF2N2O/c1-15(14(19)21,12-8-10(17)4-7-13(12)18)20-11-5-2-9(16)3-6-11/h2-8,20H,1H3,(H2,19,21). The summed E-state index contributed by atoms with van der Waals surface area (Å²) in [6.07, 6.45) is 0. The molecule has 0 saturated heterocycles. The van der Waals surface area contributed by atoms with Crippen molar-refractivity contribution in [3.05, 3.63) is 64.7 Å². The molecule has 0 saturated carbocycles. The van der Waals surface area contributed by atoms with Crippen LogP contribution >= 0.6 is 11.6 Å². The Bertz CT molecular complexity index is 676. The molecule has 0 bridgehead atoms. The Morgan fingerprint density at radius 3 is 2.38 bits per heavy atom. The maximum absolute atomic E-state index is 14.0. The zero-order valence-electron chi connectivity index (χ0n) is 11.2. The van der Waals surface area contributed by atoms with Gasteiger partial charge in [0.2, 0.25) is 5.91 Å². The Hall–Kier alpha value is -2.14. The Balaban J connectivity index is 2.47. The first-order valence-electron chi connectivity index (χ1n) is 6.12. The third kappa shape index (κ3) is 3.13. The van der Waals surface area contributed by atoms with Crippen LogP contribution in [0.2, 0.25) is 5.02 Å². The van der Waals surface area contributed by atoms with Crippen molar-refractivity contribution in [3.63, 3.8) is 0 Å². The fourth-order valence-corrected chi connectivity index (χ4v) is 2.09. The third-order valence-electron chi connectivity index (χ3n) is 3.20. The molecule has 1 amide bonds. The Morgan fingerprint density at radius 1 is 1.19 bits per heavy atom. The van der Waals surface area contributed by atoms with Crippen molar-refractivity contribution in [2.45, 2.75) is 12.5 Å². The van der Waals surface area contributed by atoms with Crippen molar-refractivity contribution < 1.29 is 13.6 Å². The number of nitrogens with two attached hydrogens (primary N) is 1. The van der Waals surface area contributed by atoms with Gasteiger partial charge in [-0.3, -0.25) is 4.79 Å². The van der Waals surface area contributed by atoms with Crippen LogP contribution in [-0.2, 0) is 10.3 Å². The highest BCUT2D eigenvalue weighted by Crippen LogP contribution is 2.29. The number of benzene rings is 2. The van der Waals surface area contributed by atoms with Crippen molar-refractivity contribution >= 4 is 23.2 Å². The molecule has 2 aromatic carbocycles. The van der Waals surface area contributed by atoms with Crippen molar-refractivity contribution in [3.8, 4) is 0 Å². The molecule has 110 valence electrons. The smallest absolute Gasteiger partial charge is 0.247 e. The average molecular weight is 311 g/mol. The van der Waals surface area contributed by atoms with Gasteiger partial charge in [-0.05, 0) is 49.4 Å². The molecule has 0 aromatic heterocycles. The molecule has 0 spiro atoms. The molecule has 6 heteroatoms. The fourth-order valence-electron chi connectivity index (χ4n) is 1.96. The van der Waals surface area contributed by atoms with Gasteiger partial charge in [-0.2, -0.15) is 0 Å². The van der Waals surface area contributed by atoms with Gasteiger partial charge >= 0.3 is 0 Å². The molecule has 0 heterocycles. The molecule has 0 aliphatic rings. The predicted octanol–water partition coefficient (Wildman–Crippen LogP) is 3.43. The summed E-state index contributed by atoms with van der Waals surface area (Å²) in [7, 11) is 0. The first kappa shape index (κ1) is 15.3. The van der Waals surface area contributed by atoms with Gasteiger partial charge in [0.15, 0.2) is 0 Å². The van der Waals surface area contributed by atoms with Crippen LogP contribution in [0, 0.1) is 11.6 Å². The number of nitrogens with one attached hydrogen (secondary N) is 1. The van der Waals surface area contributed by atoms with Gasteiger partial charge in [-0.15, -0.1) is 0 Å². The number of primary amides is 1. The van der Waals surface area contributed by atoms with E-state index >= 15 is 0 Å². The van der Waals surface area contributed by atoms with Gasteiger partial charge in [-0.1, -0.05) is 11.6 Å². The van der Waals surface area contributed by atoms with Gasteiger partial charge in [0.25, 0.3) is 0 Å². The van der Waals surface area contributed by atoms with E-state index in [1.165, 1.54) is 6.92 Å². The minimum absolute atomic E-state index is 0.162. The summed E-state index contributed by atoms with van der Waals surface area (Å²) in [5, 5.41) is 3.34. The number of halogens is 3. The Morgan fingerprint density at radius 2 is 1.81 bits per heavy atom. The van der Waals surface area contributed by atoms with Crippen LogP contribution in [-0.4, -0.2) is 5.91 Å². The highest BCUT2D eigenvalue weighted by molar-refractivity contribution is 6.30. The van der Waals surface area contributed by atoms with E-state index in [-0.39, 0.29) is 5.56 Å². The molecular weight excluding hydrogens is 298 g/mol. The van der Waals surface area contributed by atoms with Crippen molar-refractivity contribution in [2.24, 2.45) is 5.73 Å². The quantitative estimate of drug-likeness (QED) is 0.909. The number of carbonyl (C=O) groups is 1. The topological polar surface area (TPSA) is 55.1 Å². The van der Waals surface area contributed by atoms with Gasteiger partial charge in [0.05, 0.1) is 0 Å². The molecule has 21 heavy (non-hydrogen) atoms. The number of hydrogen-bond donors (Lipinski definition) is 2. The van der Waals surface area contributed by atoms with E-state index in [0.29, 0.717) is 10.7 Å². The largest absolute Gasteiger partial charge is 0.368 e. The van der Waals surface area contributed by atoms with E-state index in [4.69, 9.17) is 17.3 Å². The van der Waals surface area contributed by atoms with Crippen LogP contribution in [0.3, 0.4) is 0 Å².